The van der Waals surface area contributed by atoms with Gasteiger partial charge in [0.2, 0.25) is 11.8 Å². The van der Waals surface area contributed by atoms with Crippen LogP contribution in [0.1, 0.15) is 12.8 Å². The number of carboxylic acids is 1. The van der Waals surface area contributed by atoms with Crippen molar-refractivity contribution in [2.75, 3.05) is 33.7 Å². The number of carbonyl (C=O) groups is 3. The number of carboxylic acid groups (broad SMARTS) is 1. The molecule has 1 fully saturated rings. The highest BCUT2D eigenvalue weighted by Gasteiger charge is 2.24. The summed E-state index contributed by atoms with van der Waals surface area (Å²) < 4.78 is 0. The van der Waals surface area contributed by atoms with E-state index in [-0.39, 0.29) is 37.5 Å². The third-order valence-corrected chi connectivity index (χ3v) is 2.56. The first-order valence-electron chi connectivity index (χ1n) is 5.82. The predicted octanol–water partition coefficient (Wildman–Crippen LogP) is -1.26. The third kappa shape index (κ3) is 5.62. The zero-order valence-electron chi connectivity index (χ0n) is 10.7. The average molecular weight is 257 g/mol. The van der Waals surface area contributed by atoms with Gasteiger partial charge in [-0.3, -0.25) is 19.3 Å². The molecule has 1 aliphatic carbocycles. The standard InChI is InChI=1S/C11H19N3O4/c1-13(7-11(17)18)6-10(16)14(2)5-9(15)12-8-3-4-8/h8H,3-7H2,1-2H3,(H,12,15)(H,17,18). The molecule has 0 heterocycles. The number of nitrogens with zero attached hydrogens (tertiary/aromatic N) is 2. The first kappa shape index (κ1) is 14.4. The van der Waals surface area contributed by atoms with Crippen LogP contribution in [-0.4, -0.2) is 72.5 Å². The molecule has 102 valence electrons. The van der Waals surface area contributed by atoms with E-state index in [4.69, 9.17) is 5.11 Å². The molecule has 1 rings (SSSR count). The maximum Gasteiger partial charge on any atom is 0.317 e. The Hall–Kier alpha value is -1.63. The molecule has 7 nitrogen and oxygen atoms in total. The molecule has 0 bridgehead atoms. The number of carbonyl (C=O) groups excluding carboxylic acids is 2. The number of hydrogen-bond acceptors (Lipinski definition) is 4. The fourth-order valence-corrected chi connectivity index (χ4v) is 1.44. The molecule has 2 amide bonds. The molecule has 7 heteroatoms. The summed E-state index contributed by atoms with van der Waals surface area (Å²) in [5.41, 5.74) is 0. The van der Waals surface area contributed by atoms with Crippen molar-refractivity contribution in [1.82, 2.24) is 15.1 Å². The Balaban J connectivity index is 2.26. The molecule has 0 saturated heterocycles. The zero-order chi connectivity index (χ0) is 13.7. The van der Waals surface area contributed by atoms with Gasteiger partial charge in [0, 0.05) is 13.1 Å². The summed E-state index contributed by atoms with van der Waals surface area (Å²) in [6.45, 7) is -0.205. The predicted molar refractivity (Wildman–Crippen MR) is 63.9 cm³/mol. The normalized spacial score (nSPS) is 14.4. The molecule has 0 aromatic heterocycles. The van der Waals surface area contributed by atoms with Crippen LogP contribution in [0.2, 0.25) is 0 Å². The zero-order valence-corrected chi connectivity index (χ0v) is 10.7. The van der Waals surface area contributed by atoms with Crippen LogP contribution in [0.4, 0.5) is 0 Å². The van der Waals surface area contributed by atoms with Crippen molar-refractivity contribution in [3.63, 3.8) is 0 Å². The summed E-state index contributed by atoms with van der Waals surface area (Å²) in [5.74, 6) is -1.43. The van der Waals surface area contributed by atoms with Crippen LogP contribution in [0.3, 0.4) is 0 Å². The van der Waals surface area contributed by atoms with Gasteiger partial charge in [-0.15, -0.1) is 0 Å². The van der Waals surface area contributed by atoms with Crippen LogP contribution in [0.5, 0.6) is 0 Å². The van der Waals surface area contributed by atoms with E-state index in [1.54, 1.807) is 7.05 Å². The molecule has 18 heavy (non-hydrogen) atoms. The van der Waals surface area contributed by atoms with Gasteiger partial charge in [0.1, 0.15) is 0 Å². The first-order valence-corrected chi connectivity index (χ1v) is 5.82. The van der Waals surface area contributed by atoms with E-state index in [0.717, 1.165) is 12.8 Å². The molecular formula is C11H19N3O4. The Morgan fingerprint density at radius 3 is 2.28 bits per heavy atom. The van der Waals surface area contributed by atoms with Crippen LogP contribution in [0.15, 0.2) is 0 Å². The van der Waals surface area contributed by atoms with Gasteiger partial charge in [-0.25, -0.2) is 0 Å². The lowest BCUT2D eigenvalue weighted by molar-refractivity contribution is -0.140. The molecule has 0 aromatic carbocycles. The quantitative estimate of drug-likeness (QED) is 0.594. The average Bonchev–Trinajstić information content (AvgIpc) is 2.99. The fourth-order valence-electron chi connectivity index (χ4n) is 1.44. The smallest absolute Gasteiger partial charge is 0.317 e. The van der Waals surface area contributed by atoms with E-state index in [1.807, 2.05) is 0 Å². The first-order chi connectivity index (χ1) is 8.38. The minimum atomic E-state index is -0.987. The Labute approximate surface area is 106 Å². The summed E-state index contributed by atoms with van der Waals surface area (Å²) in [6, 6.07) is 0.274. The maximum absolute atomic E-state index is 11.7. The summed E-state index contributed by atoms with van der Waals surface area (Å²) >= 11 is 0. The number of rotatable bonds is 7. The van der Waals surface area contributed by atoms with Crippen molar-refractivity contribution < 1.29 is 19.5 Å². The molecule has 0 unspecified atom stereocenters. The minimum absolute atomic E-state index is 0.0102. The summed E-state index contributed by atoms with van der Waals surface area (Å²) in [4.78, 5) is 36.3. The highest BCUT2D eigenvalue weighted by atomic mass is 16.4. The highest BCUT2D eigenvalue weighted by molar-refractivity contribution is 5.86. The Kier molecular flexibility index (Phi) is 5.08. The van der Waals surface area contributed by atoms with E-state index >= 15 is 0 Å². The van der Waals surface area contributed by atoms with Gasteiger partial charge in [-0.2, -0.15) is 0 Å². The van der Waals surface area contributed by atoms with E-state index in [9.17, 15) is 14.4 Å². The Morgan fingerprint density at radius 2 is 1.78 bits per heavy atom. The molecule has 0 radical (unpaired) electrons. The second-order valence-electron chi connectivity index (χ2n) is 4.66. The molecule has 0 spiro atoms. The van der Waals surface area contributed by atoms with Crippen molar-refractivity contribution in [1.29, 1.82) is 0 Å². The third-order valence-electron chi connectivity index (χ3n) is 2.56. The van der Waals surface area contributed by atoms with Gasteiger partial charge in [-0.1, -0.05) is 0 Å². The minimum Gasteiger partial charge on any atom is -0.480 e. The largest absolute Gasteiger partial charge is 0.480 e. The molecule has 2 N–H and O–H groups in total. The SMILES string of the molecule is CN(CC(=O)O)CC(=O)N(C)CC(=O)NC1CC1. The second kappa shape index (κ2) is 6.34. The number of aliphatic carboxylic acids is 1. The number of hydrogen-bond donors (Lipinski definition) is 2. The van der Waals surface area contributed by atoms with Gasteiger partial charge in [-0.05, 0) is 19.9 Å². The molecule has 0 aliphatic heterocycles. The van der Waals surface area contributed by atoms with Crippen LogP contribution in [-0.2, 0) is 14.4 Å². The van der Waals surface area contributed by atoms with E-state index < -0.39 is 5.97 Å². The monoisotopic (exact) mass is 257 g/mol. The molecule has 1 saturated carbocycles. The van der Waals surface area contributed by atoms with Gasteiger partial charge >= 0.3 is 5.97 Å². The lowest BCUT2D eigenvalue weighted by atomic mass is 10.4. The van der Waals surface area contributed by atoms with Crippen molar-refractivity contribution >= 4 is 17.8 Å². The maximum atomic E-state index is 11.7. The molecule has 0 atom stereocenters. The van der Waals surface area contributed by atoms with Crippen LogP contribution in [0, 0.1) is 0 Å². The summed E-state index contributed by atoms with van der Waals surface area (Å²) in [6.07, 6.45) is 2.01. The Bertz CT molecular complexity index is 341. The van der Waals surface area contributed by atoms with Crippen molar-refractivity contribution in [3.05, 3.63) is 0 Å². The van der Waals surface area contributed by atoms with Crippen molar-refractivity contribution in [3.8, 4) is 0 Å². The fraction of sp³-hybridized carbons (Fsp3) is 0.727. The highest BCUT2D eigenvalue weighted by Crippen LogP contribution is 2.18. The van der Waals surface area contributed by atoms with Crippen molar-refractivity contribution in [2.45, 2.75) is 18.9 Å². The second-order valence-corrected chi connectivity index (χ2v) is 4.66. The van der Waals surface area contributed by atoms with Crippen LogP contribution >= 0.6 is 0 Å². The number of amides is 2. The van der Waals surface area contributed by atoms with Gasteiger partial charge in [0.25, 0.3) is 0 Å². The lowest BCUT2D eigenvalue weighted by Crippen LogP contribution is -2.43. The summed E-state index contributed by atoms with van der Waals surface area (Å²) in [7, 11) is 3.08. The summed E-state index contributed by atoms with van der Waals surface area (Å²) in [5, 5.41) is 11.3. The topological polar surface area (TPSA) is 90.0 Å². The van der Waals surface area contributed by atoms with Gasteiger partial charge < -0.3 is 15.3 Å². The molecule has 1 aliphatic rings. The lowest BCUT2D eigenvalue weighted by Gasteiger charge is -2.20. The number of likely N-dealkylation sites (N-methyl/N-ethyl adjacent to an activating group) is 2. The van der Waals surface area contributed by atoms with E-state index in [1.165, 1.54) is 16.8 Å². The van der Waals surface area contributed by atoms with Crippen molar-refractivity contribution in [2.24, 2.45) is 0 Å². The Morgan fingerprint density at radius 1 is 1.17 bits per heavy atom. The van der Waals surface area contributed by atoms with Crippen LogP contribution in [0.25, 0.3) is 0 Å². The number of nitrogens with one attached hydrogen (secondary N) is 1. The van der Waals surface area contributed by atoms with Crippen LogP contribution < -0.4 is 5.32 Å². The van der Waals surface area contributed by atoms with Gasteiger partial charge in [0.05, 0.1) is 19.6 Å². The van der Waals surface area contributed by atoms with Gasteiger partial charge in [0.15, 0.2) is 0 Å². The molecule has 0 aromatic rings. The van der Waals surface area contributed by atoms with E-state index in [2.05, 4.69) is 5.32 Å². The van der Waals surface area contributed by atoms with E-state index in [0.29, 0.717) is 0 Å². The molecular weight excluding hydrogens is 238 g/mol.